The summed E-state index contributed by atoms with van der Waals surface area (Å²) in [4.78, 5) is 23.1. The van der Waals surface area contributed by atoms with Gasteiger partial charge in [0, 0.05) is 37.9 Å². The van der Waals surface area contributed by atoms with E-state index in [0.717, 1.165) is 32.1 Å². The number of rotatable bonds is 6. The molecule has 1 atom stereocenters. The Kier molecular flexibility index (Phi) is 6.82. The highest BCUT2D eigenvalue weighted by atomic mass is 16.1. The summed E-state index contributed by atoms with van der Waals surface area (Å²) in [5.74, 6) is 0.571. The van der Waals surface area contributed by atoms with E-state index < -0.39 is 0 Å². The first-order valence-corrected chi connectivity index (χ1v) is 9.73. The quantitative estimate of drug-likeness (QED) is 0.531. The first-order valence-electron chi connectivity index (χ1n) is 9.73. The van der Waals surface area contributed by atoms with Gasteiger partial charge in [-0.05, 0) is 38.3 Å². The summed E-state index contributed by atoms with van der Waals surface area (Å²) in [6.45, 7) is 5.12. The fourth-order valence-electron chi connectivity index (χ4n) is 3.81. The molecule has 7 heteroatoms. The molecule has 3 N–H and O–H groups in total. The Morgan fingerprint density at radius 1 is 1.35 bits per heavy atom. The number of nitrogens with one attached hydrogen (secondary N) is 3. The molecule has 142 valence electrons. The third-order valence-corrected chi connectivity index (χ3v) is 5.07. The van der Waals surface area contributed by atoms with Crippen LogP contribution in [0, 0.1) is 0 Å². The highest BCUT2D eigenvalue weighted by molar-refractivity contribution is 5.93. The van der Waals surface area contributed by atoms with Crippen LogP contribution in [-0.4, -0.2) is 60.0 Å². The number of nitrogens with zero attached hydrogens (tertiary/aromatic N) is 3. The number of hydrogen-bond acceptors (Lipinski definition) is 4. The van der Waals surface area contributed by atoms with Gasteiger partial charge in [0.15, 0.2) is 5.96 Å². The number of anilines is 1. The molecule has 1 saturated heterocycles. The maximum atomic E-state index is 12.1. The minimum absolute atomic E-state index is 0.0866. The highest BCUT2D eigenvalue weighted by Crippen LogP contribution is 2.26. The molecule has 1 saturated carbocycles. The zero-order valence-corrected chi connectivity index (χ0v) is 15.6. The van der Waals surface area contributed by atoms with Gasteiger partial charge in [0.05, 0.1) is 11.9 Å². The lowest BCUT2D eigenvalue weighted by molar-refractivity contribution is -0.114. The lowest BCUT2D eigenvalue weighted by atomic mass is 10.2. The van der Waals surface area contributed by atoms with E-state index in [4.69, 9.17) is 0 Å². The fraction of sp³-hybridized carbons (Fsp3) is 0.632. The molecule has 0 aromatic carbocycles. The highest BCUT2D eigenvalue weighted by Gasteiger charge is 2.30. The van der Waals surface area contributed by atoms with E-state index in [9.17, 15) is 4.79 Å². The Balaban J connectivity index is 1.48. The second-order valence-corrected chi connectivity index (χ2v) is 7.05. The SMILES string of the molecule is CCNC(=NCC(=O)Nc1cccnc1)NC1CCN(C2CCCC2)C1. The topological polar surface area (TPSA) is 81.6 Å². The van der Waals surface area contributed by atoms with Crippen LogP contribution in [0.5, 0.6) is 0 Å². The van der Waals surface area contributed by atoms with Crippen molar-refractivity contribution in [1.29, 1.82) is 0 Å². The van der Waals surface area contributed by atoms with E-state index in [1.54, 1.807) is 18.5 Å². The molecule has 2 fully saturated rings. The summed E-state index contributed by atoms with van der Waals surface area (Å²) in [6.07, 6.45) is 9.86. The van der Waals surface area contributed by atoms with Gasteiger partial charge in [-0.15, -0.1) is 0 Å². The van der Waals surface area contributed by atoms with E-state index >= 15 is 0 Å². The number of carbonyl (C=O) groups excluding carboxylic acids is 1. The summed E-state index contributed by atoms with van der Waals surface area (Å²) < 4.78 is 0. The zero-order valence-electron chi connectivity index (χ0n) is 15.6. The summed E-state index contributed by atoms with van der Waals surface area (Å²) in [7, 11) is 0. The number of aromatic nitrogens is 1. The molecule has 0 bridgehead atoms. The molecule has 0 spiro atoms. The van der Waals surface area contributed by atoms with Crippen LogP contribution in [0.25, 0.3) is 0 Å². The van der Waals surface area contributed by atoms with Crippen LogP contribution in [0.1, 0.15) is 39.0 Å². The molecular formula is C19H30N6O. The van der Waals surface area contributed by atoms with E-state index in [2.05, 4.69) is 30.8 Å². The predicted octanol–water partition coefficient (Wildman–Crippen LogP) is 1.59. The van der Waals surface area contributed by atoms with Crippen molar-refractivity contribution in [1.82, 2.24) is 20.5 Å². The maximum Gasteiger partial charge on any atom is 0.246 e. The van der Waals surface area contributed by atoms with Crippen LogP contribution in [0.3, 0.4) is 0 Å². The number of likely N-dealkylation sites (tertiary alicyclic amines) is 1. The Morgan fingerprint density at radius 2 is 2.19 bits per heavy atom. The van der Waals surface area contributed by atoms with Gasteiger partial charge in [0.1, 0.15) is 6.54 Å². The van der Waals surface area contributed by atoms with E-state index in [0.29, 0.717) is 17.7 Å². The van der Waals surface area contributed by atoms with Gasteiger partial charge >= 0.3 is 0 Å². The molecule has 3 rings (SSSR count). The van der Waals surface area contributed by atoms with Crippen molar-refractivity contribution in [3.05, 3.63) is 24.5 Å². The van der Waals surface area contributed by atoms with Gasteiger partial charge in [-0.1, -0.05) is 12.8 Å². The van der Waals surface area contributed by atoms with Crippen molar-refractivity contribution in [3.8, 4) is 0 Å². The first kappa shape index (κ1) is 18.6. The average Bonchev–Trinajstić information content (AvgIpc) is 3.32. The van der Waals surface area contributed by atoms with Gasteiger partial charge in [-0.25, -0.2) is 4.99 Å². The molecule has 1 aromatic heterocycles. The van der Waals surface area contributed by atoms with E-state index in [1.165, 1.54) is 25.7 Å². The summed E-state index contributed by atoms with van der Waals surface area (Å²) in [6, 6.07) is 4.77. The molecule has 2 heterocycles. The van der Waals surface area contributed by atoms with Crippen molar-refractivity contribution in [2.24, 2.45) is 4.99 Å². The summed E-state index contributed by atoms with van der Waals surface area (Å²) in [5, 5.41) is 9.54. The first-order chi connectivity index (χ1) is 12.7. The van der Waals surface area contributed by atoms with Crippen molar-refractivity contribution in [3.63, 3.8) is 0 Å². The van der Waals surface area contributed by atoms with Crippen molar-refractivity contribution >= 4 is 17.6 Å². The third-order valence-electron chi connectivity index (χ3n) is 5.07. The number of amides is 1. The van der Waals surface area contributed by atoms with E-state index in [-0.39, 0.29) is 12.5 Å². The number of hydrogen-bond donors (Lipinski definition) is 3. The standard InChI is InChI=1S/C19H30N6O/c1-2-21-19(22-13-18(26)23-15-6-5-10-20-12-15)24-16-9-11-25(14-16)17-7-3-4-8-17/h5-6,10,12,16-17H,2-4,7-9,11,13-14H2,1H3,(H,23,26)(H2,21,22,24). The number of guanidine groups is 1. The fourth-order valence-corrected chi connectivity index (χ4v) is 3.81. The molecule has 1 unspecified atom stereocenters. The number of pyridine rings is 1. The minimum Gasteiger partial charge on any atom is -0.357 e. The molecule has 1 aliphatic carbocycles. The van der Waals surface area contributed by atoms with Crippen LogP contribution in [-0.2, 0) is 4.79 Å². The Labute approximate surface area is 155 Å². The van der Waals surface area contributed by atoms with Gasteiger partial charge in [-0.2, -0.15) is 0 Å². The van der Waals surface area contributed by atoms with Crippen molar-refractivity contribution < 1.29 is 4.79 Å². The van der Waals surface area contributed by atoms with Crippen LogP contribution >= 0.6 is 0 Å². The molecular weight excluding hydrogens is 328 g/mol. The Bertz CT molecular complexity index is 599. The summed E-state index contributed by atoms with van der Waals surface area (Å²) in [5.41, 5.74) is 0.689. The smallest absolute Gasteiger partial charge is 0.246 e. The lowest BCUT2D eigenvalue weighted by Crippen LogP contribution is -2.45. The average molecular weight is 358 g/mol. The zero-order chi connectivity index (χ0) is 18.2. The van der Waals surface area contributed by atoms with Crippen LogP contribution in [0.4, 0.5) is 5.69 Å². The maximum absolute atomic E-state index is 12.1. The molecule has 2 aliphatic rings. The third kappa shape index (κ3) is 5.42. The monoisotopic (exact) mass is 358 g/mol. The Hall–Kier alpha value is -2.15. The largest absolute Gasteiger partial charge is 0.357 e. The lowest BCUT2D eigenvalue weighted by Gasteiger charge is -2.24. The summed E-state index contributed by atoms with van der Waals surface area (Å²) >= 11 is 0. The molecule has 7 nitrogen and oxygen atoms in total. The molecule has 1 amide bonds. The number of carbonyl (C=O) groups is 1. The normalized spacial score (nSPS) is 21.7. The predicted molar refractivity (Wildman–Crippen MR) is 104 cm³/mol. The number of aliphatic imine (C=N–C) groups is 1. The second kappa shape index (κ2) is 9.52. The van der Waals surface area contributed by atoms with Crippen LogP contribution in [0.15, 0.2) is 29.5 Å². The van der Waals surface area contributed by atoms with Crippen molar-refractivity contribution in [2.45, 2.75) is 51.1 Å². The molecule has 0 radical (unpaired) electrons. The van der Waals surface area contributed by atoms with Crippen molar-refractivity contribution in [2.75, 3.05) is 31.5 Å². The minimum atomic E-state index is -0.144. The van der Waals surface area contributed by atoms with Gasteiger partial charge in [0.2, 0.25) is 5.91 Å². The van der Waals surface area contributed by atoms with Gasteiger partial charge < -0.3 is 16.0 Å². The molecule has 1 aromatic rings. The van der Waals surface area contributed by atoms with Gasteiger partial charge in [-0.3, -0.25) is 14.7 Å². The second-order valence-electron chi connectivity index (χ2n) is 7.05. The van der Waals surface area contributed by atoms with Gasteiger partial charge in [0.25, 0.3) is 0 Å². The van der Waals surface area contributed by atoms with Crippen LogP contribution < -0.4 is 16.0 Å². The Morgan fingerprint density at radius 3 is 2.92 bits per heavy atom. The van der Waals surface area contributed by atoms with E-state index in [1.807, 2.05) is 13.0 Å². The molecule has 26 heavy (non-hydrogen) atoms. The van der Waals surface area contributed by atoms with Crippen LogP contribution in [0.2, 0.25) is 0 Å². The molecule has 1 aliphatic heterocycles.